The summed E-state index contributed by atoms with van der Waals surface area (Å²) in [4.78, 5) is 14.0. The van der Waals surface area contributed by atoms with Gasteiger partial charge in [0.25, 0.3) is 0 Å². The van der Waals surface area contributed by atoms with Gasteiger partial charge in [0.1, 0.15) is 12.4 Å². The highest BCUT2D eigenvalue weighted by Crippen LogP contribution is 2.20. The molecule has 0 radical (unpaired) electrons. The zero-order valence-corrected chi connectivity index (χ0v) is 16.9. The molecular weight excluding hydrogens is 374 g/mol. The Hall–Kier alpha value is -3.00. The number of para-hydroxylation sites is 1. The number of thioether (sulfide) groups is 1. The van der Waals surface area contributed by atoms with Gasteiger partial charge in [-0.2, -0.15) is 0 Å². The van der Waals surface area contributed by atoms with E-state index >= 15 is 0 Å². The van der Waals surface area contributed by atoms with Crippen molar-refractivity contribution >= 4 is 23.4 Å². The van der Waals surface area contributed by atoms with Crippen molar-refractivity contribution in [3.63, 3.8) is 0 Å². The lowest BCUT2D eigenvalue weighted by Gasteiger charge is -2.16. The van der Waals surface area contributed by atoms with E-state index < -0.39 is 0 Å². The van der Waals surface area contributed by atoms with Gasteiger partial charge in [-0.25, -0.2) is 4.68 Å². The standard InChI is InChI=1S/C20H23N5O2S/c1-14-9-15(2)11-17(10-14)27-12-18-22-23-20(25(18)21)28-13-19(26)24(3)16-7-5-4-6-8-16/h4-11H,12-13,21H2,1-3H3. The first-order valence-electron chi connectivity index (χ1n) is 8.79. The summed E-state index contributed by atoms with van der Waals surface area (Å²) in [5.41, 5.74) is 3.09. The molecule has 146 valence electrons. The molecule has 0 atom stereocenters. The van der Waals surface area contributed by atoms with E-state index in [0.717, 1.165) is 22.6 Å². The maximum Gasteiger partial charge on any atom is 0.237 e. The number of hydrogen-bond donors (Lipinski definition) is 1. The van der Waals surface area contributed by atoms with Crippen LogP contribution in [0.15, 0.2) is 53.7 Å². The Morgan fingerprint density at radius 3 is 2.50 bits per heavy atom. The van der Waals surface area contributed by atoms with Gasteiger partial charge >= 0.3 is 0 Å². The number of carbonyl (C=O) groups is 1. The van der Waals surface area contributed by atoms with Gasteiger partial charge in [-0.1, -0.05) is 36.0 Å². The SMILES string of the molecule is Cc1cc(C)cc(OCc2nnc(SCC(=O)N(C)c3ccccc3)n2N)c1. The van der Waals surface area contributed by atoms with Gasteiger partial charge in [0.05, 0.1) is 5.75 Å². The quantitative estimate of drug-likeness (QED) is 0.487. The van der Waals surface area contributed by atoms with Crippen molar-refractivity contribution in [2.24, 2.45) is 0 Å². The van der Waals surface area contributed by atoms with Gasteiger partial charge in [0, 0.05) is 12.7 Å². The van der Waals surface area contributed by atoms with Crippen molar-refractivity contribution in [2.45, 2.75) is 25.6 Å². The number of benzene rings is 2. The van der Waals surface area contributed by atoms with Crippen LogP contribution in [0.3, 0.4) is 0 Å². The fraction of sp³-hybridized carbons (Fsp3) is 0.250. The number of amides is 1. The molecule has 8 heteroatoms. The van der Waals surface area contributed by atoms with E-state index in [9.17, 15) is 4.79 Å². The largest absolute Gasteiger partial charge is 0.486 e. The number of nitrogens with two attached hydrogens (primary N) is 1. The van der Waals surface area contributed by atoms with Crippen LogP contribution < -0.4 is 15.5 Å². The van der Waals surface area contributed by atoms with Crippen LogP contribution in [0.5, 0.6) is 5.75 Å². The highest BCUT2D eigenvalue weighted by atomic mass is 32.2. The summed E-state index contributed by atoms with van der Waals surface area (Å²) < 4.78 is 7.15. The molecule has 0 saturated carbocycles. The molecule has 1 aromatic heterocycles. The Labute approximate surface area is 168 Å². The third-order valence-corrected chi connectivity index (χ3v) is 5.07. The highest BCUT2D eigenvalue weighted by molar-refractivity contribution is 7.99. The molecule has 28 heavy (non-hydrogen) atoms. The zero-order valence-electron chi connectivity index (χ0n) is 16.1. The van der Waals surface area contributed by atoms with Gasteiger partial charge in [0.15, 0.2) is 5.82 Å². The molecule has 0 aliphatic carbocycles. The summed E-state index contributed by atoms with van der Waals surface area (Å²) in [6.45, 7) is 4.23. The summed E-state index contributed by atoms with van der Waals surface area (Å²) in [5.74, 6) is 7.47. The second-order valence-corrected chi connectivity index (χ2v) is 7.40. The molecule has 3 aromatic rings. The maximum absolute atomic E-state index is 12.4. The van der Waals surface area contributed by atoms with Crippen LogP contribution >= 0.6 is 11.8 Å². The monoisotopic (exact) mass is 397 g/mol. The average molecular weight is 398 g/mol. The first-order chi connectivity index (χ1) is 13.4. The van der Waals surface area contributed by atoms with E-state index in [4.69, 9.17) is 10.6 Å². The van der Waals surface area contributed by atoms with Crippen molar-refractivity contribution in [3.8, 4) is 5.75 Å². The van der Waals surface area contributed by atoms with Gasteiger partial charge < -0.3 is 15.5 Å². The summed E-state index contributed by atoms with van der Waals surface area (Å²) in [6, 6.07) is 15.5. The lowest BCUT2D eigenvalue weighted by Crippen LogP contribution is -2.28. The van der Waals surface area contributed by atoms with Gasteiger partial charge in [-0.05, 0) is 49.2 Å². The second-order valence-electron chi connectivity index (χ2n) is 6.46. The average Bonchev–Trinajstić information content (AvgIpc) is 3.03. The maximum atomic E-state index is 12.4. The number of aryl methyl sites for hydroxylation is 2. The number of anilines is 1. The predicted octanol–water partition coefficient (Wildman–Crippen LogP) is 2.94. The van der Waals surface area contributed by atoms with E-state index in [1.807, 2.05) is 56.3 Å². The Bertz CT molecular complexity index is 938. The number of aromatic nitrogens is 3. The number of nitrogen functional groups attached to an aromatic ring is 1. The van der Waals surface area contributed by atoms with Crippen LogP contribution in [0.25, 0.3) is 0 Å². The van der Waals surface area contributed by atoms with Crippen LogP contribution in [0, 0.1) is 13.8 Å². The van der Waals surface area contributed by atoms with Gasteiger partial charge in [-0.3, -0.25) is 4.79 Å². The van der Waals surface area contributed by atoms with Gasteiger partial charge in [0.2, 0.25) is 11.1 Å². The highest BCUT2D eigenvalue weighted by Gasteiger charge is 2.16. The van der Waals surface area contributed by atoms with Crippen LogP contribution in [-0.2, 0) is 11.4 Å². The Kier molecular flexibility index (Phi) is 6.20. The Balaban J connectivity index is 1.57. The third kappa shape index (κ3) is 4.83. The van der Waals surface area contributed by atoms with Crippen molar-refractivity contribution in [3.05, 3.63) is 65.5 Å². The molecule has 0 aliphatic rings. The molecule has 0 fully saturated rings. The number of rotatable bonds is 7. The Morgan fingerprint density at radius 1 is 1.14 bits per heavy atom. The topological polar surface area (TPSA) is 86.3 Å². The minimum Gasteiger partial charge on any atom is -0.486 e. The molecule has 0 spiro atoms. The summed E-state index contributed by atoms with van der Waals surface area (Å²) >= 11 is 1.24. The van der Waals surface area contributed by atoms with Crippen LogP contribution in [0.4, 0.5) is 5.69 Å². The molecule has 0 aliphatic heterocycles. The van der Waals surface area contributed by atoms with Crippen molar-refractivity contribution in [1.82, 2.24) is 14.9 Å². The molecular formula is C20H23N5O2S. The van der Waals surface area contributed by atoms with E-state index in [2.05, 4.69) is 16.3 Å². The van der Waals surface area contributed by atoms with Crippen molar-refractivity contribution in [1.29, 1.82) is 0 Å². The first kappa shape index (κ1) is 19.8. The van der Waals surface area contributed by atoms with Crippen LogP contribution in [0.1, 0.15) is 17.0 Å². The summed E-state index contributed by atoms with van der Waals surface area (Å²) in [6.07, 6.45) is 0. The zero-order chi connectivity index (χ0) is 20.1. The molecule has 2 aromatic carbocycles. The lowest BCUT2D eigenvalue weighted by molar-refractivity contribution is -0.115. The predicted molar refractivity (Wildman–Crippen MR) is 111 cm³/mol. The molecule has 0 unspecified atom stereocenters. The lowest BCUT2D eigenvalue weighted by atomic mass is 10.1. The van der Waals surface area contributed by atoms with E-state index in [1.165, 1.54) is 16.4 Å². The summed E-state index contributed by atoms with van der Waals surface area (Å²) in [7, 11) is 1.74. The van der Waals surface area contributed by atoms with Crippen LogP contribution in [0.2, 0.25) is 0 Å². The van der Waals surface area contributed by atoms with Crippen molar-refractivity contribution in [2.75, 3.05) is 23.5 Å². The molecule has 0 bridgehead atoms. The Morgan fingerprint density at radius 2 is 1.82 bits per heavy atom. The van der Waals surface area contributed by atoms with Gasteiger partial charge in [-0.15, -0.1) is 10.2 Å². The molecule has 1 heterocycles. The number of ether oxygens (including phenoxy) is 1. The minimum absolute atomic E-state index is 0.0489. The number of hydrogen-bond acceptors (Lipinski definition) is 6. The normalized spacial score (nSPS) is 10.7. The summed E-state index contributed by atoms with van der Waals surface area (Å²) in [5, 5.41) is 8.61. The molecule has 2 N–H and O–H groups in total. The fourth-order valence-corrected chi connectivity index (χ4v) is 3.48. The first-order valence-corrected chi connectivity index (χ1v) is 9.77. The number of nitrogens with zero attached hydrogens (tertiary/aromatic N) is 4. The molecule has 1 amide bonds. The van der Waals surface area contributed by atoms with E-state index in [-0.39, 0.29) is 18.3 Å². The number of carbonyl (C=O) groups excluding carboxylic acids is 1. The van der Waals surface area contributed by atoms with Crippen molar-refractivity contribution < 1.29 is 9.53 Å². The minimum atomic E-state index is -0.0489. The van der Waals surface area contributed by atoms with Crippen LogP contribution in [-0.4, -0.2) is 33.6 Å². The molecule has 3 rings (SSSR count). The fourth-order valence-electron chi connectivity index (χ4n) is 2.69. The molecule has 7 nitrogen and oxygen atoms in total. The van der Waals surface area contributed by atoms with E-state index in [0.29, 0.717) is 11.0 Å². The van der Waals surface area contributed by atoms with E-state index in [1.54, 1.807) is 11.9 Å². The molecule has 0 saturated heterocycles. The second kappa shape index (κ2) is 8.79. The smallest absolute Gasteiger partial charge is 0.237 e. The third-order valence-electron chi connectivity index (χ3n) is 4.14.